The molecule has 0 amide bonds. The first kappa shape index (κ1) is 7.92. The Morgan fingerprint density at radius 3 is 2.85 bits per heavy atom. The quantitative estimate of drug-likeness (QED) is 0.596. The summed E-state index contributed by atoms with van der Waals surface area (Å²) in [5, 5.41) is 0. The van der Waals surface area contributed by atoms with Crippen molar-refractivity contribution < 1.29 is 4.57 Å². The van der Waals surface area contributed by atoms with E-state index in [4.69, 9.17) is 0 Å². The van der Waals surface area contributed by atoms with Crippen LogP contribution in [0.15, 0.2) is 49.1 Å². The summed E-state index contributed by atoms with van der Waals surface area (Å²) in [5.74, 6) is 0. The summed E-state index contributed by atoms with van der Waals surface area (Å²) in [4.78, 5) is 4.05. The third-order valence-electron chi connectivity index (χ3n) is 1.91. The van der Waals surface area contributed by atoms with Gasteiger partial charge in [-0.25, -0.2) is 4.57 Å². The molecule has 1 heterocycles. The van der Waals surface area contributed by atoms with Crippen molar-refractivity contribution in [3.05, 3.63) is 54.6 Å². The molecule has 0 N–H and O–H groups in total. The van der Waals surface area contributed by atoms with Gasteiger partial charge in [0.25, 0.3) is 6.33 Å². The van der Waals surface area contributed by atoms with E-state index >= 15 is 0 Å². The molecule has 1 aromatic heterocycles. The number of nitrogens with zero attached hydrogens (tertiary/aromatic N) is 2. The molecule has 0 fully saturated rings. The van der Waals surface area contributed by atoms with E-state index < -0.39 is 0 Å². The topological polar surface area (TPSA) is 16.8 Å². The zero-order chi connectivity index (χ0) is 9.10. The van der Waals surface area contributed by atoms with Crippen LogP contribution in [0.1, 0.15) is 5.56 Å². The fourth-order valence-electron chi connectivity index (χ4n) is 1.27. The molecule has 0 spiro atoms. The first-order valence-electron chi connectivity index (χ1n) is 4.24. The van der Waals surface area contributed by atoms with Gasteiger partial charge in [0.2, 0.25) is 0 Å². The van der Waals surface area contributed by atoms with E-state index in [-0.39, 0.29) is 0 Å². The molecule has 2 heteroatoms. The van der Waals surface area contributed by atoms with Crippen LogP contribution < -0.4 is 4.57 Å². The van der Waals surface area contributed by atoms with Crippen LogP contribution in [-0.2, 0) is 0 Å². The molecule has 1 aromatic carbocycles. The molecule has 2 rings (SSSR count). The molecule has 0 aliphatic rings. The van der Waals surface area contributed by atoms with Crippen LogP contribution in [0.4, 0.5) is 0 Å². The summed E-state index contributed by atoms with van der Waals surface area (Å²) in [5.41, 5.74) is 2.40. The van der Waals surface area contributed by atoms with Gasteiger partial charge in [-0.3, -0.25) is 0 Å². The van der Waals surface area contributed by atoms with E-state index in [1.807, 2.05) is 22.9 Å². The van der Waals surface area contributed by atoms with Crippen molar-refractivity contribution >= 4 is 0 Å². The molecule has 0 saturated carbocycles. The number of aromatic nitrogens is 2. The van der Waals surface area contributed by atoms with Gasteiger partial charge in [0, 0.05) is 6.07 Å². The lowest BCUT2D eigenvalue weighted by Gasteiger charge is -1.97. The van der Waals surface area contributed by atoms with Crippen molar-refractivity contribution in [1.29, 1.82) is 0 Å². The van der Waals surface area contributed by atoms with E-state index in [0.717, 1.165) is 5.69 Å². The highest BCUT2D eigenvalue weighted by Crippen LogP contribution is 2.02. The van der Waals surface area contributed by atoms with E-state index in [1.54, 1.807) is 12.5 Å². The van der Waals surface area contributed by atoms with Gasteiger partial charge in [0.05, 0.1) is 6.20 Å². The average Bonchev–Trinajstić information content (AvgIpc) is 2.19. The molecule has 13 heavy (non-hydrogen) atoms. The summed E-state index contributed by atoms with van der Waals surface area (Å²) >= 11 is 0. The summed E-state index contributed by atoms with van der Waals surface area (Å²) in [7, 11) is 0. The molecule has 0 aliphatic carbocycles. The van der Waals surface area contributed by atoms with Crippen molar-refractivity contribution in [2.24, 2.45) is 0 Å². The Morgan fingerprint density at radius 1 is 1.23 bits per heavy atom. The SMILES string of the molecule is Cc1cccc(-[n+]2cccnc2)c1. The van der Waals surface area contributed by atoms with Crippen molar-refractivity contribution in [2.75, 3.05) is 0 Å². The van der Waals surface area contributed by atoms with E-state index in [2.05, 4.69) is 30.1 Å². The standard InChI is InChI=1S/C11H11N2/c1-10-4-2-5-11(8-10)13-7-3-6-12-9-13/h2-9H,1H3/q+1. The van der Waals surface area contributed by atoms with Crippen molar-refractivity contribution in [2.45, 2.75) is 6.92 Å². The van der Waals surface area contributed by atoms with Gasteiger partial charge >= 0.3 is 0 Å². The lowest BCUT2D eigenvalue weighted by Crippen LogP contribution is -2.29. The van der Waals surface area contributed by atoms with Crippen LogP contribution in [0.5, 0.6) is 0 Å². The highest BCUT2D eigenvalue weighted by Gasteiger charge is 1.99. The monoisotopic (exact) mass is 171 g/mol. The van der Waals surface area contributed by atoms with Crippen molar-refractivity contribution in [1.82, 2.24) is 4.98 Å². The van der Waals surface area contributed by atoms with Crippen LogP contribution in [0, 0.1) is 6.92 Å². The predicted molar refractivity (Wildman–Crippen MR) is 50.5 cm³/mol. The summed E-state index contributed by atoms with van der Waals surface area (Å²) in [6.45, 7) is 2.08. The highest BCUT2D eigenvalue weighted by molar-refractivity contribution is 5.27. The van der Waals surface area contributed by atoms with Gasteiger partial charge in [0.1, 0.15) is 11.9 Å². The van der Waals surface area contributed by atoms with Crippen LogP contribution in [0.2, 0.25) is 0 Å². The maximum absolute atomic E-state index is 4.05. The van der Waals surface area contributed by atoms with E-state index in [0.29, 0.717) is 0 Å². The smallest absolute Gasteiger partial charge is 0.203 e. The lowest BCUT2D eigenvalue weighted by atomic mass is 10.2. The van der Waals surface area contributed by atoms with Gasteiger partial charge < -0.3 is 0 Å². The molecule has 0 atom stereocenters. The van der Waals surface area contributed by atoms with Crippen molar-refractivity contribution in [3.8, 4) is 5.69 Å². The minimum atomic E-state index is 1.15. The Morgan fingerprint density at radius 2 is 2.15 bits per heavy atom. The Bertz CT molecular complexity index is 396. The average molecular weight is 171 g/mol. The Balaban J connectivity index is 2.48. The summed E-state index contributed by atoms with van der Waals surface area (Å²) in [6.07, 6.45) is 5.56. The second-order valence-corrected chi connectivity index (χ2v) is 3.00. The fourth-order valence-corrected chi connectivity index (χ4v) is 1.27. The molecule has 0 saturated heterocycles. The fraction of sp³-hybridized carbons (Fsp3) is 0.0909. The van der Waals surface area contributed by atoms with Gasteiger partial charge in [-0.1, -0.05) is 17.1 Å². The molecule has 2 aromatic rings. The zero-order valence-corrected chi connectivity index (χ0v) is 7.51. The molecular weight excluding hydrogens is 160 g/mol. The third kappa shape index (κ3) is 1.72. The molecule has 2 nitrogen and oxygen atoms in total. The molecule has 0 aliphatic heterocycles. The molecule has 64 valence electrons. The maximum atomic E-state index is 4.05. The van der Waals surface area contributed by atoms with Crippen LogP contribution in [-0.4, -0.2) is 4.98 Å². The largest absolute Gasteiger partial charge is 0.291 e. The number of rotatable bonds is 1. The highest BCUT2D eigenvalue weighted by atomic mass is 15.0. The number of hydrogen-bond donors (Lipinski definition) is 0. The summed E-state index contributed by atoms with van der Waals surface area (Å²) in [6, 6.07) is 10.2. The maximum Gasteiger partial charge on any atom is 0.291 e. The minimum absolute atomic E-state index is 1.15. The Kier molecular flexibility index (Phi) is 2.04. The zero-order valence-electron chi connectivity index (χ0n) is 7.51. The predicted octanol–water partition coefficient (Wildman–Crippen LogP) is 1.67. The van der Waals surface area contributed by atoms with Crippen LogP contribution in [0.3, 0.4) is 0 Å². The second kappa shape index (κ2) is 3.35. The molecule has 0 unspecified atom stereocenters. The first-order valence-corrected chi connectivity index (χ1v) is 4.24. The Hall–Kier alpha value is -1.70. The van der Waals surface area contributed by atoms with Gasteiger partial charge in [-0.15, -0.1) is 0 Å². The third-order valence-corrected chi connectivity index (χ3v) is 1.91. The van der Waals surface area contributed by atoms with E-state index in [1.165, 1.54) is 5.56 Å². The number of hydrogen-bond acceptors (Lipinski definition) is 1. The van der Waals surface area contributed by atoms with Gasteiger partial charge in [-0.05, 0) is 24.6 Å². The normalized spacial score (nSPS) is 9.92. The lowest BCUT2D eigenvalue weighted by molar-refractivity contribution is -0.599. The van der Waals surface area contributed by atoms with Crippen LogP contribution in [0.25, 0.3) is 5.69 Å². The number of aryl methyl sites for hydroxylation is 1. The molecule has 0 bridgehead atoms. The Labute approximate surface area is 77.5 Å². The summed E-state index contributed by atoms with van der Waals surface area (Å²) < 4.78 is 1.99. The number of benzene rings is 1. The minimum Gasteiger partial charge on any atom is -0.203 e. The van der Waals surface area contributed by atoms with E-state index in [9.17, 15) is 0 Å². The van der Waals surface area contributed by atoms with Gasteiger partial charge in [0.15, 0.2) is 0 Å². The van der Waals surface area contributed by atoms with Crippen LogP contribution >= 0.6 is 0 Å². The first-order chi connectivity index (χ1) is 6.36. The second-order valence-electron chi connectivity index (χ2n) is 3.00. The van der Waals surface area contributed by atoms with Crippen molar-refractivity contribution in [3.63, 3.8) is 0 Å². The van der Waals surface area contributed by atoms with Gasteiger partial charge in [-0.2, -0.15) is 0 Å². The molecular formula is C11H11N2+. The molecule has 0 radical (unpaired) electrons.